The van der Waals surface area contributed by atoms with Crippen LogP contribution in [0.5, 0.6) is 23.0 Å². The molecule has 1 aliphatic heterocycles. The van der Waals surface area contributed by atoms with Crippen molar-refractivity contribution in [1.82, 2.24) is 0 Å². The number of rotatable bonds is 18. The molecule has 0 aromatic heterocycles. The average molecular weight is 881 g/mol. The molecule has 1 heterocycles. The van der Waals surface area contributed by atoms with Crippen LogP contribution in [-0.2, 0) is 33.7 Å². The molecular weight excluding hydrogens is 818 g/mol. The number of esters is 1. The van der Waals surface area contributed by atoms with Gasteiger partial charge in [0, 0.05) is 28.1 Å². The highest BCUT2D eigenvalue weighted by atomic mass is 35.5. The second kappa shape index (κ2) is 20.0. The maximum atomic E-state index is 14.2. The Morgan fingerprint density at radius 3 is 1.84 bits per heavy atom. The molecule has 0 bridgehead atoms. The van der Waals surface area contributed by atoms with Crippen LogP contribution in [0.2, 0.25) is 21.6 Å². The van der Waals surface area contributed by atoms with Crippen LogP contribution in [0.4, 0.5) is 0 Å². The number of fused-ring (bicyclic) bond motifs is 1. The number of aryl methyl sites for hydroxylation is 1. The minimum atomic E-state index is -2.46. The molecule has 1 atom stereocenters. The predicted molar refractivity (Wildman–Crippen MR) is 252 cm³/mol. The lowest BCUT2D eigenvalue weighted by Crippen LogP contribution is -2.47. The van der Waals surface area contributed by atoms with E-state index in [0.29, 0.717) is 90.2 Å². The van der Waals surface area contributed by atoms with Crippen LogP contribution in [0, 0.1) is 12.8 Å². The number of hydrogen-bond donors (Lipinski definition) is 0. The number of ether oxygens (including phenoxy) is 6. The fraction of sp³-hybridized carbons (Fsp3) is 0.412. The third kappa shape index (κ3) is 9.19. The van der Waals surface area contributed by atoms with Gasteiger partial charge in [0.2, 0.25) is 14.2 Å². The van der Waals surface area contributed by atoms with E-state index < -0.39 is 14.3 Å². The van der Waals surface area contributed by atoms with E-state index in [1.165, 1.54) is 7.11 Å². The SMILES string of the molecule is COC(=O)c1c(C)cc(CO[Si](C(C)C)(C(C)C)C(C)C)c(-c2c(C3=N[C@H](C(C)C)CO3)cc3c(OC)c(Cl)cc(OC)c3c2OCc2ccccc2)c1OCc1ccccc1. The number of carbonyl (C=O) groups excluding carboxylic acids is 1. The molecule has 11 heteroatoms. The Bertz CT molecular complexity index is 2380. The van der Waals surface area contributed by atoms with Gasteiger partial charge in [0.05, 0.1) is 44.4 Å². The number of aliphatic imine (C=N–C) groups is 1. The van der Waals surface area contributed by atoms with Crippen molar-refractivity contribution in [3.63, 3.8) is 0 Å². The van der Waals surface area contributed by atoms with E-state index in [4.69, 9.17) is 49.4 Å². The van der Waals surface area contributed by atoms with Crippen LogP contribution in [0.3, 0.4) is 0 Å². The Morgan fingerprint density at radius 1 is 0.758 bits per heavy atom. The molecule has 62 heavy (non-hydrogen) atoms. The zero-order valence-electron chi connectivity index (χ0n) is 38.3. The lowest BCUT2D eigenvalue weighted by molar-refractivity contribution is 0.0594. The zero-order valence-corrected chi connectivity index (χ0v) is 40.1. The van der Waals surface area contributed by atoms with Crippen LogP contribution < -0.4 is 18.9 Å². The van der Waals surface area contributed by atoms with Crippen molar-refractivity contribution >= 4 is 42.6 Å². The van der Waals surface area contributed by atoms with E-state index >= 15 is 0 Å². The first kappa shape index (κ1) is 46.5. The van der Waals surface area contributed by atoms with Gasteiger partial charge in [-0.3, -0.25) is 0 Å². The van der Waals surface area contributed by atoms with Crippen molar-refractivity contribution in [3.8, 4) is 34.1 Å². The first-order valence-electron chi connectivity index (χ1n) is 21.5. The van der Waals surface area contributed by atoms with Gasteiger partial charge >= 0.3 is 5.97 Å². The molecular formula is C51H62ClNO8Si. The van der Waals surface area contributed by atoms with E-state index in [1.807, 2.05) is 79.7 Å². The van der Waals surface area contributed by atoms with E-state index in [-0.39, 0.29) is 37.3 Å². The fourth-order valence-electron chi connectivity index (χ4n) is 9.18. The number of nitrogens with zero attached hydrogens (tertiary/aromatic N) is 1. The summed E-state index contributed by atoms with van der Waals surface area (Å²) in [5.74, 6) is 1.75. The summed E-state index contributed by atoms with van der Waals surface area (Å²) < 4.78 is 45.8. The minimum absolute atomic E-state index is 0.104. The molecule has 0 amide bonds. The molecule has 0 spiro atoms. The topological polar surface area (TPSA) is 94.0 Å². The largest absolute Gasteiger partial charge is 0.496 e. The lowest BCUT2D eigenvalue weighted by atomic mass is 9.87. The number of halogens is 1. The van der Waals surface area contributed by atoms with Gasteiger partial charge in [-0.1, -0.05) is 134 Å². The van der Waals surface area contributed by atoms with Crippen molar-refractivity contribution in [2.75, 3.05) is 27.9 Å². The van der Waals surface area contributed by atoms with E-state index in [9.17, 15) is 4.79 Å². The second-order valence-electron chi connectivity index (χ2n) is 17.3. The average Bonchev–Trinajstić information content (AvgIpc) is 3.75. The van der Waals surface area contributed by atoms with Crippen molar-refractivity contribution < 1.29 is 37.6 Å². The van der Waals surface area contributed by atoms with E-state index in [1.54, 1.807) is 20.3 Å². The molecule has 0 N–H and O–H groups in total. The third-order valence-corrected chi connectivity index (χ3v) is 18.5. The third-order valence-electron chi connectivity index (χ3n) is 12.2. The highest BCUT2D eigenvalue weighted by molar-refractivity contribution is 6.77. The first-order chi connectivity index (χ1) is 29.7. The smallest absolute Gasteiger partial charge is 0.341 e. The molecule has 5 aromatic rings. The summed E-state index contributed by atoms with van der Waals surface area (Å²) >= 11 is 6.95. The Balaban J connectivity index is 1.83. The zero-order chi connectivity index (χ0) is 44.9. The number of benzene rings is 5. The van der Waals surface area contributed by atoms with Gasteiger partial charge < -0.3 is 32.8 Å². The molecule has 0 unspecified atom stereocenters. The van der Waals surface area contributed by atoms with Crippen LogP contribution >= 0.6 is 11.6 Å². The highest BCUT2D eigenvalue weighted by Crippen LogP contribution is 2.54. The Hall–Kier alpha value is -5.03. The predicted octanol–water partition coefficient (Wildman–Crippen LogP) is 12.9. The van der Waals surface area contributed by atoms with Gasteiger partial charge in [-0.15, -0.1) is 0 Å². The van der Waals surface area contributed by atoms with Gasteiger partial charge in [-0.25, -0.2) is 9.79 Å². The molecule has 330 valence electrons. The van der Waals surface area contributed by atoms with Crippen LogP contribution in [0.1, 0.15) is 93.6 Å². The summed E-state index contributed by atoms with van der Waals surface area (Å²) in [6.45, 7) is 20.8. The Labute approximate surface area is 373 Å². The molecule has 0 radical (unpaired) electrons. The van der Waals surface area contributed by atoms with E-state index in [2.05, 4.69) is 55.4 Å². The monoisotopic (exact) mass is 879 g/mol. The Morgan fingerprint density at radius 2 is 1.34 bits per heavy atom. The van der Waals surface area contributed by atoms with Crippen molar-refractivity contribution in [1.29, 1.82) is 0 Å². The van der Waals surface area contributed by atoms with Crippen molar-refractivity contribution in [2.24, 2.45) is 10.9 Å². The molecule has 0 saturated heterocycles. The molecule has 6 rings (SSSR count). The number of carbonyl (C=O) groups is 1. The minimum Gasteiger partial charge on any atom is -0.496 e. The standard InChI is InChI=1S/C51H62ClNO8Si/c1-30(2)41-29-60-50(53-41)39-24-38-45(42(55-10)25-40(52)47(38)56-11)49(59-27-36-21-17-14-18-22-36)46(39)44-37(28-61-62(31(3)4,32(5)6)33(7)8)23-34(9)43(51(54)57-12)48(44)58-26-35-19-15-13-16-20-35/h13-25,30-33,41H,26-29H2,1-12H3/t41-/m0/s1. The number of methoxy groups -OCH3 is 3. The summed E-state index contributed by atoms with van der Waals surface area (Å²) in [5.41, 5.74) is 6.38. The normalized spacial score (nSPS) is 14.1. The number of hydrogen-bond acceptors (Lipinski definition) is 9. The van der Waals surface area contributed by atoms with Crippen LogP contribution in [-0.4, -0.2) is 54.2 Å². The lowest BCUT2D eigenvalue weighted by Gasteiger charge is -2.42. The quantitative estimate of drug-likeness (QED) is 0.0634. The molecule has 1 aliphatic rings. The molecule has 0 aliphatic carbocycles. The molecule has 0 saturated carbocycles. The van der Waals surface area contributed by atoms with E-state index in [0.717, 1.165) is 16.7 Å². The summed E-state index contributed by atoms with van der Waals surface area (Å²) in [7, 11) is 2.12. The molecule has 0 fully saturated rings. The van der Waals surface area contributed by atoms with Crippen LogP contribution in [0.25, 0.3) is 21.9 Å². The second-order valence-corrected chi connectivity index (χ2v) is 23.1. The summed E-state index contributed by atoms with van der Waals surface area (Å²) in [4.78, 5) is 19.4. The van der Waals surface area contributed by atoms with Crippen molar-refractivity contribution in [3.05, 3.63) is 117 Å². The summed E-state index contributed by atoms with van der Waals surface area (Å²) in [6, 6.07) is 25.5. The first-order valence-corrected chi connectivity index (χ1v) is 24.0. The Kier molecular flexibility index (Phi) is 15.0. The maximum Gasteiger partial charge on any atom is 0.341 e. The summed E-state index contributed by atoms with van der Waals surface area (Å²) in [6.07, 6.45) is 0. The summed E-state index contributed by atoms with van der Waals surface area (Å²) in [5, 5.41) is 1.60. The highest BCUT2D eigenvalue weighted by Gasteiger charge is 2.45. The maximum absolute atomic E-state index is 14.2. The molecule has 5 aromatic carbocycles. The molecule has 9 nitrogen and oxygen atoms in total. The fourth-order valence-corrected chi connectivity index (χ4v) is 14.9. The van der Waals surface area contributed by atoms with Gasteiger partial charge in [-0.05, 0) is 57.8 Å². The van der Waals surface area contributed by atoms with Crippen LogP contribution in [0.15, 0.2) is 83.9 Å². The van der Waals surface area contributed by atoms with Crippen molar-refractivity contribution in [2.45, 2.75) is 105 Å². The van der Waals surface area contributed by atoms with Gasteiger partial charge in [0.15, 0.2) is 0 Å². The van der Waals surface area contributed by atoms with Gasteiger partial charge in [0.1, 0.15) is 48.4 Å². The van der Waals surface area contributed by atoms with Gasteiger partial charge in [-0.2, -0.15) is 0 Å². The van der Waals surface area contributed by atoms with Gasteiger partial charge in [0.25, 0.3) is 0 Å².